The summed E-state index contributed by atoms with van der Waals surface area (Å²) in [5, 5.41) is 12.2. The van der Waals surface area contributed by atoms with Gasteiger partial charge in [0.05, 0.1) is 11.3 Å². The third-order valence-corrected chi connectivity index (χ3v) is 4.89. The van der Waals surface area contributed by atoms with Gasteiger partial charge < -0.3 is 9.88 Å². The van der Waals surface area contributed by atoms with Crippen LogP contribution in [0.3, 0.4) is 0 Å². The first-order valence-electron chi connectivity index (χ1n) is 8.75. The van der Waals surface area contributed by atoms with Crippen LogP contribution >= 0.6 is 0 Å². The molecule has 0 saturated heterocycles. The van der Waals surface area contributed by atoms with Crippen LogP contribution < -0.4 is 0 Å². The molecule has 0 atom stereocenters. The number of benzene rings is 1. The molecule has 3 aromatic rings. The molecule has 0 saturated carbocycles. The number of aromatic nitrogens is 2. The van der Waals surface area contributed by atoms with E-state index in [2.05, 4.69) is 16.0 Å². The Labute approximate surface area is 155 Å². The minimum absolute atomic E-state index is 0.00890. The highest BCUT2D eigenvalue weighted by atomic mass is 16.6. The summed E-state index contributed by atoms with van der Waals surface area (Å²) in [5.41, 5.74) is 3.59. The van der Waals surface area contributed by atoms with Crippen molar-refractivity contribution in [2.75, 3.05) is 13.1 Å². The Morgan fingerprint density at radius 3 is 2.89 bits per heavy atom. The molecule has 1 amide bonds. The van der Waals surface area contributed by atoms with Crippen LogP contribution in [0.15, 0.2) is 54.9 Å². The maximum Gasteiger partial charge on any atom is 0.273 e. The molecule has 0 bridgehead atoms. The number of pyridine rings is 1. The highest BCUT2D eigenvalue weighted by Crippen LogP contribution is 2.28. The van der Waals surface area contributed by atoms with Gasteiger partial charge in [0.25, 0.3) is 5.69 Å². The molecule has 3 heterocycles. The maximum absolute atomic E-state index is 12.6. The summed E-state index contributed by atoms with van der Waals surface area (Å²) in [5.74, 6) is -0.0970. The van der Waals surface area contributed by atoms with Crippen molar-refractivity contribution in [3.8, 4) is 0 Å². The minimum atomic E-state index is -0.443. The van der Waals surface area contributed by atoms with Crippen LogP contribution in [-0.4, -0.2) is 38.8 Å². The van der Waals surface area contributed by atoms with E-state index >= 15 is 0 Å². The van der Waals surface area contributed by atoms with Gasteiger partial charge in [0.1, 0.15) is 5.65 Å². The zero-order chi connectivity index (χ0) is 18.8. The molecule has 136 valence electrons. The van der Waals surface area contributed by atoms with E-state index < -0.39 is 4.92 Å². The van der Waals surface area contributed by atoms with E-state index in [9.17, 15) is 14.9 Å². The number of nitro groups is 1. The number of carbonyl (C=O) groups excluding carboxylic acids is 1. The molecule has 1 aliphatic rings. The smallest absolute Gasteiger partial charge is 0.273 e. The van der Waals surface area contributed by atoms with Crippen molar-refractivity contribution in [1.29, 1.82) is 0 Å². The molecule has 7 heteroatoms. The molecule has 1 aliphatic heterocycles. The van der Waals surface area contributed by atoms with E-state index in [1.165, 1.54) is 11.6 Å². The van der Waals surface area contributed by atoms with Crippen molar-refractivity contribution >= 4 is 28.2 Å². The number of amides is 1. The number of hydrogen-bond acceptors (Lipinski definition) is 4. The van der Waals surface area contributed by atoms with Gasteiger partial charge in [0.2, 0.25) is 5.91 Å². The first-order valence-corrected chi connectivity index (χ1v) is 8.75. The molecule has 27 heavy (non-hydrogen) atoms. The van der Waals surface area contributed by atoms with Crippen molar-refractivity contribution < 1.29 is 9.72 Å². The number of rotatable bonds is 4. The van der Waals surface area contributed by atoms with E-state index in [-0.39, 0.29) is 18.0 Å². The zero-order valence-corrected chi connectivity index (χ0v) is 14.6. The van der Waals surface area contributed by atoms with Crippen LogP contribution in [0.1, 0.15) is 17.5 Å². The van der Waals surface area contributed by atoms with Gasteiger partial charge in [-0.25, -0.2) is 4.98 Å². The predicted octanol–water partition coefficient (Wildman–Crippen LogP) is 3.33. The van der Waals surface area contributed by atoms with Crippen molar-refractivity contribution in [3.05, 3.63) is 76.1 Å². The summed E-state index contributed by atoms with van der Waals surface area (Å²) in [6.07, 6.45) is 6.54. The molecule has 0 spiro atoms. The number of H-pyrrole nitrogens is 1. The van der Waals surface area contributed by atoms with Crippen LogP contribution in [-0.2, 0) is 11.2 Å². The molecule has 0 aliphatic carbocycles. The van der Waals surface area contributed by atoms with E-state index in [1.54, 1.807) is 29.3 Å². The van der Waals surface area contributed by atoms with Crippen LogP contribution in [0, 0.1) is 10.1 Å². The maximum atomic E-state index is 12.6. The SMILES string of the molecule is O=C(Cc1ccccc1[N+](=O)[O-])N1CC=C(c2c[nH]c3ncccc23)CC1. The topological polar surface area (TPSA) is 92.1 Å². The van der Waals surface area contributed by atoms with Crippen molar-refractivity contribution in [2.24, 2.45) is 0 Å². The van der Waals surface area contributed by atoms with Crippen molar-refractivity contribution in [3.63, 3.8) is 0 Å². The van der Waals surface area contributed by atoms with E-state index in [1.807, 2.05) is 18.3 Å². The summed E-state index contributed by atoms with van der Waals surface area (Å²) in [6, 6.07) is 10.3. The fourth-order valence-corrected chi connectivity index (χ4v) is 3.48. The molecule has 0 fully saturated rings. The Bertz CT molecular complexity index is 1050. The molecular formula is C20H18N4O3. The number of nitro benzene ring substituents is 1. The number of carbonyl (C=O) groups is 1. The third kappa shape index (κ3) is 3.31. The highest BCUT2D eigenvalue weighted by molar-refractivity contribution is 5.91. The summed E-state index contributed by atoms with van der Waals surface area (Å²) >= 11 is 0. The Balaban J connectivity index is 1.49. The lowest BCUT2D eigenvalue weighted by molar-refractivity contribution is -0.385. The van der Waals surface area contributed by atoms with E-state index in [4.69, 9.17) is 0 Å². The van der Waals surface area contributed by atoms with Gasteiger partial charge in [-0.1, -0.05) is 24.3 Å². The standard InChI is InChI=1S/C20H18N4O3/c25-19(12-15-4-1-2-6-18(15)24(26)27)23-10-7-14(8-11-23)17-13-22-20-16(17)5-3-9-21-20/h1-7,9,13H,8,10-12H2,(H,21,22). The predicted molar refractivity (Wildman–Crippen MR) is 102 cm³/mol. The molecule has 7 nitrogen and oxygen atoms in total. The number of nitrogens with one attached hydrogen (secondary N) is 1. The van der Waals surface area contributed by atoms with Gasteiger partial charge in [-0.2, -0.15) is 0 Å². The molecular weight excluding hydrogens is 344 g/mol. The molecule has 1 N–H and O–H groups in total. The number of hydrogen-bond donors (Lipinski definition) is 1. The van der Waals surface area contributed by atoms with Crippen molar-refractivity contribution in [2.45, 2.75) is 12.8 Å². The van der Waals surface area contributed by atoms with Crippen molar-refractivity contribution in [1.82, 2.24) is 14.9 Å². The van der Waals surface area contributed by atoms with Gasteiger partial charge in [0, 0.05) is 48.1 Å². The summed E-state index contributed by atoms with van der Waals surface area (Å²) in [4.78, 5) is 32.5. The van der Waals surface area contributed by atoms with E-state index in [0.717, 1.165) is 23.0 Å². The molecule has 0 unspecified atom stereocenters. The highest BCUT2D eigenvalue weighted by Gasteiger charge is 2.22. The van der Waals surface area contributed by atoms with Crippen LogP contribution in [0.5, 0.6) is 0 Å². The average molecular weight is 362 g/mol. The summed E-state index contributed by atoms with van der Waals surface area (Å²) < 4.78 is 0. The Kier molecular flexibility index (Phi) is 4.42. The van der Waals surface area contributed by atoms with Gasteiger partial charge in [-0.15, -0.1) is 0 Å². The van der Waals surface area contributed by atoms with Gasteiger partial charge in [0.15, 0.2) is 0 Å². The largest absolute Gasteiger partial charge is 0.346 e. The Morgan fingerprint density at radius 1 is 1.26 bits per heavy atom. The second kappa shape index (κ2) is 7.03. The Morgan fingerprint density at radius 2 is 2.11 bits per heavy atom. The average Bonchev–Trinajstić information content (AvgIpc) is 3.12. The van der Waals surface area contributed by atoms with Gasteiger partial charge in [-0.3, -0.25) is 14.9 Å². The lowest BCUT2D eigenvalue weighted by atomic mass is 9.99. The lowest BCUT2D eigenvalue weighted by Gasteiger charge is -2.26. The second-order valence-electron chi connectivity index (χ2n) is 6.48. The van der Waals surface area contributed by atoms with Gasteiger partial charge in [-0.05, 0) is 24.1 Å². The molecule has 2 aromatic heterocycles. The first kappa shape index (κ1) is 17.0. The normalized spacial score (nSPS) is 14.2. The zero-order valence-electron chi connectivity index (χ0n) is 14.6. The quantitative estimate of drug-likeness (QED) is 0.569. The monoisotopic (exact) mass is 362 g/mol. The third-order valence-electron chi connectivity index (χ3n) is 4.89. The second-order valence-corrected chi connectivity index (χ2v) is 6.48. The Hall–Kier alpha value is -3.48. The molecule has 0 radical (unpaired) electrons. The number of para-hydroxylation sites is 1. The van der Waals surface area contributed by atoms with Crippen LogP contribution in [0.25, 0.3) is 16.6 Å². The number of nitrogens with zero attached hydrogens (tertiary/aromatic N) is 3. The van der Waals surface area contributed by atoms with Crippen LogP contribution in [0.4, 0.5) is 5.69 Å². The minimum Gasteiger partial charge on any atom is -0.346 e. The fraction of sp³-hybridized carbons (Fsp3) is 0.200. The van der Waals surface area contributed by atoms with Gasteiger partial charge >= 0.3 is 0 Å². The number of aromatic amines is 1. The molecule has 1 aromatic carbocycles. The fourth-order valence-electron chi connectivity index (χ4n) is 3.48. The van der Waals surface area contributed by atoms with E-state index in [0.29, 0.717) is 18.7 Å². The summed E-state index contributed by atoms with van der Waals surface area (Å²) in [6.45, 7) is 1.10. The van der Waals surface area contributed by atoms with Crippen LogP contribution in [0.2, 0.25) is 0 Å². The first-order chi connectivity index (χ1) is 13.1. The number of fused-ring (bicyclic) bond motifs is 1. The summed E-state index contributed by atoms with van der Waals surface area (Å²) in [7, 11) is 0. The molecule has 4 rings (SSSR count). The lowest BCUT2D eigenvalue weighted by Crippen LogP contribution is -2.35.